The summed E-state index contributed by atoms with van der Waals surface area (Å²) in [5, 5.41) is 9.37. The molecule has 1 amide bonds. The zero-order valence-electron chi connectivity index (χ0n) is 9.10. The second kappa shape index (κ2) is 3.55. The summed E-state index contributed by atoms with van der Waals surface area (Å²) in [4.78, 5) is 12.9. The number of amides is 1. The van der Waals surface area contributed by atoms with E-state index in [1.807, 2.05) is 0 Å². The highest BCUT2D eigenvalue weighted by molar-refractivity contribution is 5.96. The zero-order chi connectivity index (χ0) is 12.9. The van der Waals surface area contributed by atoms with Crippen molar-refractivity contribution >= 4 is 11.6 Å². The van der Waals surface area contributed by atoms with E-state index >= 15 is 0 Å². The molecule has 0 bridgehead atoms. The molecule has 2 aliphatic heterocycles. The number of hydrogen-bond donors (Lipinski definition) is 1. The Morgan fingerprint density at radius 2 is 2.06 bits per heavy atom. The van der Waals surface area contributed by atoms with Gasteiger partial charge < -0.3 is 19.5 Å². The van der Waals surface area contributed by atoms with E-state index in [-0.39, 0.29) is 30.4 Å². The molecule has 0 aliphatic carbocycles. The van der Waals surface area contributed by atoms with Gasteiger partial charge in [-0.25, -0.2) is 0 Å². The first-order chi connectivity index (χ1) is 8.44. The van der Waals surface area contributed by atoms with Gasteiger partial charge in [0.25, 0.3) is 0 Å². The number of nitrogens with zero attached hydrogens (tertiary/aromatic N) is 1. The number of benzene rings is 1. The fourth-order valence-corrected chi connectivity index (χ4v) is 2.04. The van der Waals surface area contributed by atoms with Gasteiger partial charge >= 0.3 is 6.29 Å². The molecule has 0 spiro atoms. The molecule has 1 N–H and O–H groups in total. The highest BCUT2D eigenvalue weighted by Crippen LogP contribution is 2.43. The molecule has 2 heterocycles. The highest BCUT2D eigenvalue weighted by atomic mass is 19.3. The van der Waals surface area contributed by atoms with Gasteiger partial charge in [0, 0.05) is 11.8 Å². The zero-order valence-corrected chi connectivity index (χ0v) is 9.10. The minimum atomic E-state index is -3.67. The number of carbonyl (C=O) groups excluding carboxylic acids is 1. The van der Waals surface area contributed by atoms with Gasteiger partial charge in [0.2, 0.25) is 5.91 Å². The number of halogens is 2. The van der Waals surface area contributed by atoms with E-state index in [4.69, 9.17) is 0 Å². The molecule has 96 valence electrons. The summed E-state index contributed by atoms with van der Waals surface area (Å²) in [7, 11) is 0. The van der Waals surface area contributed by atoms with Crippen LogP contribution in [-0.2, 0) is 4.79 Å². The third-order valence-corrected chi connectivity index (χ3v) is 2.80. The molecule has 0 saturated carbocycles. The van der Waals surface area contributed by atoms with Crippen LogP contribution in [0.25, 0.3) is 0 Å². The topological polar surface area (TPSA) is 59.0 Å². The van der Waals surface area contributed by atoms with Crippen molar-refractivity contribution in [3.8, 4) is 11.5 Å². The Balaban J connectivity index is 1.91. The Hall–Kier alpha value is -1.89. The van der Waals surface area contributed by atoms with E-state index in [0.29, 0.717) is 5.69 Å². The number of aliphatic hydroxyl groups excluding tert-OH is 1. The quantitative estimate of drug-likeness (QED) is 0.818. The van der Waals surface area contributed by atoms with Crippen LogP contribution >= 0.6 is 0 Å². The standard InChI is InChI=1S/C11H9F2NO4/c12-11(13)17-8-2-1-6(3-9(8)18-11)14-5-7(15)4-10(14)16/h1-3,7,15H,4-5H2. The lowest BCUT2D eigenvalue weighted by Crippen LogP contribution is -2.26. The van der Waals surface area contributed by atoms with Crippen LogP contribution in [0.2, 0.25) is 0 Å². The van der Waals surface area contributed by atoms with Crippen LogP contribution in [-0.4, -0.2) is 30.0 Å². The van der Waals surface area contributed by atoms with Gasteiger partial charge in [-0.2, -0.15) is 0 Å². The average Bonchev–Trinajstić information content (AvgIpc) is 2.74. The third-order valence-electron chi connectivity index (χ3n) is 2.80. The Kier molecular flexibility index (Phi) is 2.21. The molecule has 1 aromatic rings. The molecule has 1 aromatic carbocycles. The lowest BCUT2D eigenvalue weighted by Gasteiger charge is -2.15. The van der Waals surface area contributed by atoms with E-state index in [9.17, 15) is 18.7 Å². The van der Waals surface area contributed by atoms with Crippen molar-refractivity contribution in [2.75, 3.05) is 11.4 Å². The van der Waals surface area contributed by atoms with Crippen molar-refractivity contribution in [2.24, 2.45) is 0 Å². The van der Waals surface area contributed by atoms with E-state index in [1.165, 1.54) is 23.1 Å². The molecular formula is C11H9F2NO4. The van der Waals surface area contributed by atoms with Gasteiger partial charge in [-0.05, 0) is 12.1 Å². The summed E-state index contributed by atoms with van der Waals surface area (Å²) in [6.45, 7) is 0.148. The normalized spacial score (nSPS) is 24.7. The number of fused-ring (bicyclic) bond motifs is 1. The second-order valence-corrected chi connectivity index (χ2v) is 4.16. The van der Waals surface area contributed by atoms with E-state index in [1.54, 1.807) is 0 Å². The maximum Gasteiger partial charge on any atom is 0.586 e. The van der Waals surface area contributed by atoms with Crippen LogP contribution in [0.5, 0.6) is 11.5 Å². The average molecular weight is 257 g/mol. The number of hydrogen-bond acceptors (Lipinski definition) is 4. The first-order valence-corrected chi connectivity index (χ1v) is 5.33. The van der Waals surface area contributed by atoms with Gasteiger partial charge in [-0.3, -0.25) is 4.79 Å². The number of rotatable bonds is 1. The van der Waals surface area contributed by atoms with Crippen LogP contribution in [0.3, 0.4) is 0 Å². The summed E-state index contributed by atoms with van der Waals surface area (Å²) in [5.74, 6) is -0.448. The van der Waals surface area contributed by atoms with Crippen molar-refractivity contribution in [3.05, 3.63) is 18.2 Å². The number of anilines is 1. The van der Waals surface area contributed by atoms with Crippen LogP contribution in [0.15, 0.2) is 18.2 Å². The smallest absolute Gasteiger partial charge is 0.395 e. The number of carbonyl (C=O) groups is 1. The molecule has 18 heavy (non-hydrogen) atoms. The van der Waals surface area contributed by atoms with Gasteiger partial charge in [0.15, 0.2) is 11.5 Å². The van der Waals surface area contributed by atoms with Gasteiger partial charge in [-0.15, -0.1) is 8.78 Å². The minimum absolute atomic E-state index is 0.0323. The molecule has 3 rings (SSSR count). The van der Waals surface area contributed by atoms with Gasteiger partial charge in [-0.1, -0.05) is 0 Å². The summed E-state index contributed by atoms with van der Waals surface area (Å²) in [5.41, 5.74) is 0.400. The van der Waals surface area contributed by atoms with Crippen molar-refractivity contribution in [1.82, 2.24) is 0 Å². The SMILES string of the molecule is O=C1CC(O)CN1c1ccc2c(c1)OC(F)(F)O2. The number of β-amino-alcohol motifs (C(OH)–C–C–N with tert-alkyl or cyclic N) is 1. The molecule has 1 fully saturated rings. The summed E-state index contributed by atoms with van der Waals surface area (Å²) in [6.07, 6.45) is -4.37. The number of ether oxygens (including phenoxy) is 2. The van der Waals surface area contributed by atoms with E-state index < -0.39 is 12.4 Å². The Morgan fingerprint density at radius 1 is 1.33 bits per heavy atom. The lowest BCUT2D eigenvalue weighted by atomic mass is 10.2. The third kappa shape index (κ3) is 1.76. The summed E-state index contributed by atoms with van der Waals surface area (Å²) >= 11 is 0. The maximum atomic E-state index is 12.8. The second-order valence-electron chi connectivity index (χ2n) is 4.16. The van der Waals surface area contributed by atoms with Gasteiger partial charge in [0.1, 0.15) is 0 Å². The first-order valence-electron chi connectivity index (χ1n) is 5.33. The molecular weight excluding hydrogens is 248 g/mol. The van der Waals surface area contributed by atoms with Gasteiger partial charge in [0.05, 0.1) is 19.1 Å². The Bertz CT molecular complexity index is 520. The monoisotopic (exact) mass is 257 g/mol. The lowest BCUT2D eigenvalue weighted by molar-refractivity contribution is -0.286. The minimum Gasteiger partial charge on any atom is -0.395 e. The van der Waals surface area contributed by atoms with E-state index in [0.717, 1.165) is 0 Å². The predicted octanol–water partition coefficient (Wildman–Crippen LogP) is 1.11. The molecule has 0 radical (unpaired) electrons. The van der Waals surface area contributed by atoms with Crippen molar-refractivity contribution in [1.29, 1.82) is 0 Å². The van der Waals surface area contributed by atoms with Crippen molar-refractivity contribution < 1.29 is 28.2 Å². The fourth-order valence-electron chi connectivity index (χ4n) is 2.04. The molecule has 2 aliphatic rings. The highest BCUT2D eigenvalue weighted by Gasteiger charge is 2.43. The summed E-state index contributed by atoms with van der Waals surface area (Å²) < 4.78 is 34.2. The van der Waals surface area contributed by atoms with E-state index in [2.05, 4.69) is 9.47 Å². The van der Waals surface area contributed by atoms with Crippen molar-refractivity contribution in [2.45, 2.75) is 18.8 Å². The van der Waals surface area contributed by atoms with Crippen LogP contribution in [0.1, 0.15) is 6.42 Å². The maximum absolute atomic E-state index is 12.8. The molecule has 7 heteroatoms. The molecule has 0 aromatic heterocycles. The van der Waals surface area contributed by atoms with Crippen molar-refractivity contribution in [3.63, 3.8) is 0 Å². The fraction of sp³-hybridized carbons (Fsp3) is 0.364. The van der Waals surface area contributed by atoms with Crippen LogP contribution < -0.4 is 14.4 Å². The number of alkyl halides is 2. The Morgan fingerprint density at radius 3 is 2.72 bits per heavy atom. The Labute approximate surface area is 101 Å². The summed E-state index contributed by atoms with van der Waals surface area (Å²) in [6, 6.07) is 4.08. The molecule has 1 atom stereocenters. The largest absolute Gasteiger partial charge is 0.586 e. The molecule has 1 saturated heterocycles. The molecule has 1 unspecified atom stereocenters. The van der Waals surface area contributed by atoms with Crippen LogP contribution in [0.4, 0.5) is 14.5 Å². The first kappa shape index (κ1) is 11.2. The molecule has 5 nitrogen and oxygen atoms in total. The number of aliphatic hydroxyl groups is 1. The predicted molar refractivity (Wildman–Crippen MR) is 55.6 cm³/mol. The van der Waals surface area contributed by atoms with Crippen LogP contribution in [0, 0.1) is 0 Å².